The molecule has 6 heterocycles. The first-order chi connectivity index (χ1) is 20.1. The van der Waals surface area contributed by atoms with E-state index in [9.17, 15) is 21.6 Å². The van der Waals surface area contributed by atoms with E-state index in [1.165, 1.54) is 6.07 Å². The van der Waals surface area contributed by atoms with Crippen LogP contribution < -0.4 is 10.2 Å². The van der Waals surface area contributed by atoms with Gasteiger partial charge in [-0.05, 0) is 31.0 Å². The van der Waals surface area contributed by atoms with Crippen LogP contribution in [0.3, 0.4) is 0 Å². The van der Waals surface area contributed by atoms with Crippen molar-refractivity contribution in [1.29, 1.82) is 0 Å². The molecule has 6 rings (SSSR count). The van der Waals surface area contributed by atoms with E-state index in [2.05, 4.69) is 25.1 Å². The number of hydrogen-bond acceptors (Lipinski definition) is 11. The van der Waals surface area contributed by atoms with Gasteiger partial charge >= 0.3 is 6.18 Å². The third-order valence-corrected chi connectivity index (χ3v) is 10.9. The minimum Gasteiger partial charge on any atom is -0.383 e. The quantitative estimate of drug-likeness (QED) is 0.393. The van der Waals surface area contributed by atoms with Crippen LogP contribution in [-0.2, 0) is 38.5 Å². The van der Waals surface area contributed by atoms with Gasteiger partial charge in [0.1, 0.15) is 11.4 Å². The lowest BCUT2D eigenvalue weighted by Gasteiger charge is -2.35. The number of aromatic nitrogens is 3. The Morgan fingerprint density at radius 2 is 2.05 bits per heavy atom. The lowest BCUT2D eigenvalue weighted by molar-refractivity contribution is -0.137. The molecule has 2 atom stereocenters. The smallest absolute Gasteiger partial charge is 0.383 e. The van der Waals surface area contributed by atoms with Crippen LogP contribution in [0.25, 0.3) is 10.6 Å². The number of sulfone groups is 1. The molecular weight excluding hydrogens is 593 g/mol. The van der Waals surface area contributed by atoms with Crippen LogP contribution in [-0.4, -0.2) is 86.1 Å². The van der Waals surface area contributed by atoms with Crippen molar-refractivity contribution in [2.75, 3.05) is 55.9 Å². The molecule has 0 saturated carbocycles. The van der Waals surface area contributed by atoms with E-state index in [4.69, 9.17) is 14.5 Å². The molecule has 3 aliphatic heterocycles. The minimum absolute atomic E-state index is 0.00765. The van der Waals surface area contributed by atoms with Crippen LogP contribution in [0.1, 0.15) is 29.5 Å². The summed E-state index contributed by atoms with van der Waals surface area (Å²) in [7, 11) is -1.97. The topological polar surface area (TPSA) is 110 Å². The number of methoxy groups -OCH3 is 1. The summed E-state index contributed by atoms with van der Waals surface area (Å²) in [5.74, 6) is 0.597. The first-order valence-electron chi connectivity index (χ1n) is 13.7. The number of piperazine rings is 1. The number of likely N-dealkylation sites (tertiary alicyclic amines) is 1. The predicted molar refractivity (Wildman–Crippen MR) is 152 cm³/mol. The number of alkyl halides is 3. The summed E-state index contributed by atoms with van der Waals surface area (Å²) in [6.45, 7) is 5.46. The number of hydrogen-bond donors (Lipinski definition) is 1. The van der Waals surface area contributed by atoms with Crippen molar-refractivity contribution in [2.45, 2.75) is 49.5 Å². The molecule has 0 unspecified atom stereocenters. The van der Waals surface area contributed by atoms with Gasteiger partial charge in [0, 0.05) is 49.9 Å². The van der Waals surface area contributed by atoms with E-state index in [1.54, 1.807) is 7.11 Å². The average Bonchev–Trinajstić information content (AvgIpc) is 3.67. The van der Waals surface area contributed by atoms with Crippen molar-refractivity contribution in [3.05, 3.63) is 40.5 Å². The standard InChI is InChI=1S/C27H31F3N6O4S2/c1-3-19-20(4-5-24(32-19)36-14-16-10-17(36)13-35(16)6-7-39-2)33-26-31-12-18(27(28,29)30)25(34-26)21-11-23-22(41-21)15-40-8-9-42(23,37)38/h4-5,11-12,16-17H,3,6-10,13-15H2,1-2H3,(H,31,33,34)/t16-,17-/m1/s1. The maximum absolute atomic E-state index is 14.0. The molecular formula is C27H31F3N6O4S2. The predicted octanol–water partition coefficient (Wildman–Crippen LogP) is 4.14. The Kier molecular flexibility index (Phi) is 7.89. The summed E-state index contributed by atoms with van der Waals surface area (Å²) in [6, 6.07) is 5.86. The van der Waals surface area contributed by atoms with Gasteiger partial charge in [-0.1, -0.05) is 6.92 Å². The normalized spacial score (nSPS) is 21.9. The molecule has 0 aromatic carbocycles. The molecule has 2 saturated heterocycles. The number of anilines is 3. The molecule has 226 valence electrons. The Balaban J connectivity index is 1.28. The molecule has 10 nitrogen and oxygen atoms in total. The van der Waals surface area contributed by atoms with Crippen LogP contribution in [0.5, 0.6) is 0 Å². The highest BCUT2D eigenvalue weighted by Crippen LogP contribution is 2.42. The Labute approximate surface area is 245 Å². The van der Waals surface area contributed by atoms with Crippen LogP contribution in [0.15, 0.2) is 29.3 Å². The number of nitrogens with zero attached hydrogens (tertiary/aromatic N) is 5. The lowest BCUT2D eigenvalue weighted by atomic mass is 10.2. The third-order valence-electron chi connectivity index (χ3n) is 7.93. The van der Waals surface area contributed by atoms with Crippen molar-refractivity contribution < 1.29 is 31.1 Å². The number of rotatable bonds is 8. The molecule has 0 amide bonds. The third kappa shape index (κ3) is 5.60. The fraction of sp³-hybridized carbons (Fsp3) is 0.519. The van der Waals surface area contributed by atoms with Crippen molar-refractivity contribution in [3.8, 4) is 10.6 Å². The van der Waals surface area contributed by atoms with Gasteiger partial charge in [0.2, 0.25) is 5.95 Å². The molecule has 3 aromatic heterocycles. The molecule has 3 aromatic rings. The van der Waals surface area contributed by atoms with Gasteiger partial charge in [-0.3, -0.25) is 4.90 Å². The van der Waals surface area contributed by atoms with Gasteiger partial charge in [-0.25, -0.2) is 23.4 Å². The number of aryl methyl sites for hydroxylation is 1. The molecule has 2 bridgehead atoms. The first-order valence-corrected chi connectivity index (χ1v) is 16.2. The Hall–Kier alpha value is -2.85. The number of fused-ring (bicyclic) bond motifs is 3. The summed E-state index contributed by atoms with van der Waals surface area (Å²) >= 11 is 0.933. The Morgan fingerprint density at radius 1 is 1.21 bits per heavy atom. The zero-order valence-corrected chi connectivity index (χ0v) is 24.8. The maximum atomic E-state index is 14.0. The molecule has 2 fully saturated rings. The minimum atomic E-state index is -4.74. The summed E-state index contributed by atoms with van der Waals surface area (Å²) in [5, 5.41) is 3.05. The second-order valence-electron chi connectivity index (χ2n) is 10.5. The first kappa shape index (κ1) is 29.2. The zero-order valence-electron chi connectivity index (χ0n) is 23.1. The van der Waals surface area contributed by atoms with E-state index in [-0.39, 0.29) is 40.4 Å². The van der Waals surface area contributed by atoms with Crippen molar-refractivity contribution in [2.24, 2.45) is 0 Å². The number of nitrogens with one attached hydrogen (secondary N) is 1. The monoisotopic (exact) mass is 624 g/mol. The van der Waals surface area contributed by atoms with Gasteiger partial charge in [0.25, 0.3) is 0 Å². The van der Waals surface area contributed by atoms with Crippen molar-refractivity contribution in [1.82, 2.24) is 19.9 Å². The van der Waals surface area contributed by atoms with E-state index in [0.29, 0.717) is 35.7 Å². The number of pyridine rings is 1. The number of ether oxygens (including phenoxy) is 2. The second-order valence-corrected chi connectivity index (χ2v) is 13.8. The average molecular weight is 625 g/mol. The molecule has 15 heteroatoms. The van der Waals surface area contributed by atoms with Gasteiger partial charge in [0.15, 0.2) is 9.84 Å². The van der Waals surface area contributed by atoms with Gasteiger partial charge in [-0.2, -0.15) is 13.2 Å². The molecule has 0 radical (unpaired) electrons. The van der Waals surface area contributed by atoms with Gasteiger partial charge in [-0.15, -0.1) is 11.3 Å². The SMILES string of the molecule is CCc1nc(N2C[C@H]3C[C@@H]2CN3CCOC)ccc1Nc1ncc(C(F)(F)F)c(-c2cc3c(s2)COCCS3(=O)=O)n1. The number of halogens is 3. The molecule has 42 heavy (non-hydrogen) atoms. The zero-order chi connectivity index (χ0) is 29.6. The van der Waals surface area contributed by atoms with E-state index in [0.717, 1.165) is 55.1 Å². The summed E-state index contributed by atoms with van der Waals surface area (Å²) in [6.07, 6.45) is -2.35. The molecule has 0 aliphatic carbocycles. The van der Waals surface area contributed by atoms with E-state index < -0.39 is 21.6 Å². The second kappa shape index (κ2) is 11.3. The highest BCUT2D eigenvalue weighted by molar-refractivity contribution is 7.91. The Morgan fingerprint density at radius 3 is 2.76 bits per heavy atom. The van der Waals surface area contributed by atoms with Gasteiger partial charge in [0.05, 0.1) is 52.4 Å². The van der Waals surface area contributed by atoms with Crippen LogP contribution >= 0.6 is 11.3 Å². The maximum Gasteiger partial charge on any atom is 0.420 e. The summed E-state index contributed by atoms with van der Waals surface area (Å²) in [5.41, 5.74) is -0.101. The number of thiophene rings is 1. The highest BCUT2D eigenvalue weighted by atomic mass is 32.2. The molecule has 1 N–H and O–H groups in total. The van der Waals surface area contributed by atoms with E-state index in [1.807, 2.05) is 19.1 Å². The highest BCUT2D eigenvalue weighted by Gasteiger charge is 2.43. The fourth-order valence-corrected chi connectivity index (χ4v) is 8.68. The molecule has 3 aliphatic rings. The fourth-order valence-electron chi connectivity index (χ4n) is 5.84. The summed E-state index contributed by atoms with van der Waals surface area (Å²) < 4.78 is 77.9. The van der Waals surface area contributed by atoms with Crippen molar-refractivity contribution >= 4 is 38.6 Å². The van der Waals surface area contributed by atoms with Crippen LogP contribution in [0.4, 0.5) is 30.6 Å². The largest absolute Gasteiger partial charge is 0.420 e. The summed E-state index contributed by atoms with van der Waals surface area (Å²) in [4.78, 5) is 18.3. The lowest BCUT2D eigenvalue weighted by Crippen LogP contribution is -2.47. The van der Waals surface area contributed by atoms with Crippen LogP contribution in [0, 0.1) is 0 Å². The Bertz CT molecular complexity index is 1580. The van der Waals surface area contributed by atoms with Crippen molar-refractivity contribution in [3.63, 3.8) is 0 Å². The molecule has 0 spiro atoms. The van der Waals surface area contributed by atoms with E-state index >= 15 is 0 Å². The van der Waals surface area contributed by atoms with Crippen LogP contribution in [0.2, 0.25) is 0 Å². The van der Waals surface area contributed by atoms with Gasteiger partial charge < -0.3 is 19.7 Å².